The average molecular weight is 389 g/mol. The SMILES string of the molecule is COF.Cc1c(-c2cccc(F)c2)nc(N)c2nc(C3CCCC(C)C3)nn12. The van der Waals surface area contributed by atoms with Crippen molar-refractivity contribution in [2.24, 2.45) is 5.92 Å². The van der Waals surface area contributed by atoms with Crippen molar-refractivity contribution < 1.29 is 13.9 Å². The Hall–Kier alpha value is -2.61. The summed E-state index contributed by atoms with van der Waals surface area (Å²) in [7, 11) is 0.958. The van der Waals surface area contributed by atoms with Crippen LogP contribution in [-0.2, 0) is 4.94 Å². The van der Waals surface area contributed by atoms with E-state index in [9.17, 15) is 8.92 Å². The molecule has 2 unspecified atom stereocenters. The Balaban J connectivity index is 0.000000706. The van der Waals surface area contributed by atoms with Gasteiger partial charge in [0.15, 0.2) is 17.3 Å². The van der Waals surface area contributed by atoms with Gasteiger partial charge in [-0.1, -0.05) is 31.9 Å². The molecule has 1 fully saturated rings. The van der Waals surface area contributed by atoms with E-state index in [4.69, 9.17) is 10.8 Å². The van der Waals surface area contributed by atoms with E-state index in [1.807, 2.05) is 13.0 Å². The van der Waals surface area contributed by atoms with Gasteiger partial charge in [0, 0.05) is 11.5 Å². The number of rotatable bonds is 2. The maximum absolute atomic E-state index is 13.6. The van der Waals surface area contributed by atoms with Crippen LogP contribution in [0.4, 0.5) is 14.7 Å². The summed E-state index contributed by atoms with van der Waals surface area (Å²) in [4.78, 5) is 11.9. The summed E-state index contributed by atoms with van der Waals surface area (Å²) >= 11 is 0. The quantitative estimate of drug-likeness (QED) is 0.691. The number of nitrogens with two attached hydrogens (primary N) is 1. The van der Waals surface area contributed by atoms with Gasteiger partial charge in [0.25, 0.3) is 0 Å². The van der Waals surface area contributed by atoms with Crippen molar-refractivity contribution in [3.63, 3.8) is 0 Å². The zero-order valence-electron chi connectivity index (χ0n) is 16.3. The Morgan fingerprint density at radius 3 is 2.68 bits per heavy atom. The van der Waals surface area contributed by atoms with Crippen LogP contribution in [0.25, 0.3) is 16.9 Å². The van der Waals surface area contributed by atoms with Gasteiger partial charge in [0.2, 0.25) is 0 Å². The molecule has 0 bridgehead atoms. The Kier molecular flexibility index (Phi) is 6.18. The second-order valence-electron chi connectivity index (χ2n) is 7.27. The molecule has 3 aromatic rings. The number of fused-ring (bicyclic) bond motifs is 1. The molecule has 2 N–H and O–H groups in total. The van der Waals surface area contributed by atoms with E-state index >= 15 is 0 Å². The van der Waals surface area contributed by atoms with Crippen LogP contribution < -0.4 is 5.73 Å². The van der Waals surface area contributed by atoms with Crippen molar-refractivity contribution in [2.75, 3.05) is 12.8 Å². The molecule has 0 aliphatic heterocycles. The van der Waals surface area contributed by atoms with Gasteiger partial charge in [-0.2, -0.15) is 10.0 Å². The molecular weight excluding hydrogens is 364 g/mol. The number of aryl methyl sites for hydroxylation is 1. The highest BCUT2D eigenvalue weighted by atomic mass is 19.3. The molecule has 1 aliphatic rings. The fourth-order valence-corrected chi connectivity index (χ4v) is 3.83. The molecule has 28 heavy (non-hydrogen) atoms. The summed E-state index contributed by atoms with van der Waals surface area (Å²) in [5, 5.41) is 4.73. The predicted octanol–water partition coefficient (Wildman–Crippen LogP) is 4.63. The minimum atomic E-state index is -0.298. The molecule has 0 radical (unpaired) electrons. The summed E-state index contributed by atoms with van der Waals surface area (Å²) in [5.74, 6) is 1.95. The molecule has 0 spiro atoms. The molecule has 2 heterocycles. The van der Waals surface area contributed by atoms with Crippen molar-refractivity contribution in [3.8, 4) is 11.3 Å². The highest BCUT2D eigenvalue weighted by molar-refractivity contribution is 5.69. The van der Waals surface area contributed by atoms with Crippen LogP contribution in [0.2, 0.25) is 0 Å². The van der Waals surface area contributed by atoms with Gasteiger partial charge in [-0.05, 0) is 42.3 Å². The second kappa shape index (κ2) is 8.60. The summed E-state index contributed by atoms with van der Waals surface area (Å²) in [6, 6.07) is 6.37. The van der Waals surface area contributed by atoms with E-state index in [0.29, 0.717) is 34.6 Å². The molecule has 4 rings (SSSR count). The van der Waals surface area contributed by atoms with E-state index in [0.717, 1.165) is 31.5 Å². The molecule has 8 heteroatoms. The highest BCUT2D eigenvalue weighted by Crippen LogP contribution is 2.35. The largest absolute Gasteiger partial charge is 0.381 e. The standard InChI is InChI=1S/C19H22FN5.CH3FO/c1-11-5-3-7-14(9-11)18-23-19-17(21)22-16(12(2)25(19)24-18)13-6-4-8-15(20)10-13;1-3-2/h4,6,8,10-11,14H,3,5,7,9H2,1-2H3,(H2,21,22);1H3. The zero-order valence-corrected chi connectivity index (χ0v) is 16.3. The summed E-state index contributed by atoms with van der Waals surface area (Å²) in [5.41, 5.74) is 8.88. The fourth-order valence-electron chi connectivity index (χ4n) is 3.83. The molecule has 1 saturated carbocycles. The number of hydrogen-bond acceptors (Lipinski definition) is 5. The molecule has 0 saturated heterocycles. The van der Waals surface area contributed by atoms with Gasteiger partial charge in [0.05, 0.1) is 18.5 Å². The van der Waals surface area contributed by atoms with Crippen LogP contribution in [0, 0.1) is 18.7 Å². The number of nitrogens with zero attached hydrogens (tertiary/aromatic N) is 4. The van der Waals surface area contributed by atoms with Crippen LogP contribution in [-0.4, -0.2) is 26.7 Å². The van der Waals surface area contributed by atoms with Crippen molar-refractivity contribution >= 4 is 11.5 Å². The van der Waals surface area contributed by atoms with E-state index in [1.165, 1.54) is 25.0 Å². The third kappa shape index (κ3) is 4.11. The van der Waals surface area contributed by atoms with Crippen molar-refractivity contribution in [2.45, 2.75) is 45.4 Å². The van der Waals surface area contributed by atoms with Crippen LogP contribution in [0.5, 0.6) is 0 Å². The Labute approximate surface area is 162 Å². The minimum absolute atomic E-state index is 0.298. The monoisotopic (exact) mass is 389 g/mol. The topological polar surface area (TPSA) is 78.3 Å². The predicted molar refractivity (Wildman–Crippen MR) is 104 cm³/mol. The number of aromatic nitrogens is 4. The third-order valence-corrected chi connectivity index (χ3v) is 5.14. The average Bonchev–Trinajstić information content (AvgIpc) is 3.12. The van der Waals surface area contributed by atoms with Crippen molar-refractivity contribution in [1.82, 2.24) is 19.6 Å². The number of benzene rings is 1. The number of hydrogen-bond donors (Lipinski definition) is 1. The van der Waals surface area contributed by atoms with Crippen LogP contribution in [0.3, 0.4) is 0 Å². The molecule has 1 aromatic carbocycles. The first-order valence-corrected chi connectivity index (χ1v) is 9.38. The van der Waals surface area contributed by atoms with Gasteiger partial charge in [-0.15, -0.1) is 0 Å². The summed E-state index contributed by atoms with van der Waals surface area (Å²) < 4.78 is 25.1. The number of anilines is 1. The first-order chi connectivity index (χ1) is 13.4. The maximum atomic E-state index is 13.6. The van der Waals surface area contributed by atoms with Gasteiger partial charge < -0.3 is 5.73 Å². The van der Waals surface area contributed by atoms with Gasteiger partial charge in [-0.3, -0.25) is 0 Å². The van der Waals surface area contributed by atoms with E-state index in [1.54, 1.807) is 10.6 Å². The zero-order chi connectivity index (χ0) is 20.3. The molecular formula is C20H25F2N5O. The Bertz CT molecular complexity index is 959. The fraction of sp³-hybridized carbons (Fsp3) is 0.450. The molecule has 1 aliphatic carbocycles. The Morgan fingerprint density at radius 1 is 1.25 bits per heavy atom. The lowest BCUT2D eigenvalue weighted by atomic mass is 9.82. The number of nitrogen functional groups attached to an aromatic ring is 1. The van der Waals surface area contributed by atoms with E-state index in [2.05, 4.69) is 21.8 Å². The lowest BCUT2D eigenvalue weighted by Crippen LogP contribution is -2.13. The maximum Gasteiger partial charge on any atom is 0.198 e. The van der Waals surface area contributed by atoms with E-state index in [-0.39, 0.29) is 5.82 Å². The lowest BCUT2D eigenvalue weighted by molar-refractivity contribution is -0.0960. The molecule has 2 atom stereocenters. The van der Waals surface area contributed by atoms with Crippen molar-refractivity contribution in [1.29, 1.82) is 0 Å². The molecule has 0 amide bonds. The summed E-state index contributed by atoms with van der Waals surface area (Å²) in [6.45, 7) is 4.20. The second-order valence-corrected chi connectivity index (χ2v) is 7.27. The molecule has 6 nitrogen and oxygen atoms in total. The Morgan fingerprint density at radius 2 is 2.00 bits per heavy atom. The van der Waals surface area contributed by atoms with Crippen LogP contribution in [0.15, 0.2) is 24.3 Å². The van der Waals surface area contributed by atoms with E-state index < -0.39 is 0 Å². The lowest BCUT2D eigenvalue weighted by Gasteiger charge is -2.24. The van der Waals surface area contributed by atoms with Gasteiger partial charge in [-0.25, -0.2) is 18.9 Å². The normalized spacial score (nSPS) is 19.3. The molecule has 2 aromatic heterocycles. The third-order valence-electron chi connectivity index (χ3n) is 5.14. The van der Waals surface area contributed by atoms with Crippen molar-refractivity contribution in [3.05, 3.63) is 41.6 Å². The number of halogens is 2. The van der Waals surface area contributed by atoms with Crippen LogP contribution >= 0.6 is 0 Å². The van der Waals surface area contributed by atoms with Crippen LogP contribution in [0.1, 0.15) is 50.0 Å². The summed E-state index contributed by atoms with van der Waals surface area (Å²) in [6.07, 6.45) is 4.71. The van der Waals surface area contributed by atoms with Gasteiger partial charge in [0.1, 0.15) is 5.82 Å². The minimum Gasteiger partial charge on any atom is -0.381 e. The van der Waals surface area contributed by atoms with Gasteiger partial charge >= 0.3 is 0 Å². The first kappa shape index (κ1) is 20.1. The molecule has 150 valence electrons. The highest BCUT2D eigenvalue weighted by Gasteiger charge is 2.25. The first-order valence-electron chi connectivity index (χ1n) is 9.38. The smallest absolute Gasteiger partial charge is 0.198 e.